The van der Waals surface area contributed by atoms with Crippen molar-refractivity contribution in [3.8, 4) is 11.5 Å². The third-order valence-corrected chi connectivity index (χ3v) is 5.58. The zero-order chi connectivity index (χ0) is 20.1. The highest BCUT2D eigenvalue weighted by atomic mass is 79.9. The molecule has 0 aliphatic rings. The molecule has 3 aromatic rings. The van der Waals surface area contributed by atoms with Gasteiger partial charge in [0, 0.05) is 21.6 Å². The van der Waals surface area contributed by atoms with Crippen molar-refractivity contribution in [1.29, 1.82) is 0 Å². The Hall–Kier alpha value is -1.88. The molecule has 0 aliphatic heterocycles. The smallest absolute Gasteiger partial charge is 0.167 e. The minimum Gasteiger partial charge on any atom is -0.493 e. The molecule has 146 valence electrons. The van der Waals surface area contributed by atoms with E-state index in [4.69, 9.17) is 32.7 Å². The summed E-state index contributed by atoms with van der Waals surface area (Å²) in [5.74, 6) is 1.35. The largest absolute Gasteiger partial charge is 0.493 e. The van der Waals surface area contributed by atoms with Crippen molar-refractivity contribution in [3.05, 3.63) is 85.8 Å². The Balaban J connectivity index is 1.84. The van der Waals surface area contributed by atoms with Gasteiger partial charge in [-0.2, -0.15) is 0 Å². The van der Waals surface area contributed by atoms with Gasteiger partial charge in [-0.25, -0.2) is 0 Å². The number of nitrogens with one attached hydrogen (secondary N) is 1. The summed E-state index contributed by atoms with van der Waals surface area (Å²) < 4.78 is 12.6. The van der Waals surface area contributed by atoms with Crippen molar-refractivity contribution in [2.45, 2.75) is 20.1 Å². The first kappa shape index (κ1) is 20.8. The summed E-state index contributed by atoms with van der Waals surface area (Å²) in [4.78, 5) is 0. The fraction of sp³-hybridized carbons (Fsp3) is 0.182. The van der Waals surface area contributed by atoms with Gasteiger partial charge in [0.2, 0.25) is 0 Å². The van der Waals surface area contributed by atoms with Crippen molar-refractivity contribution in [1.82, 2.24) is 0 Å². The van der Waals surface area contributed by atoms with Crippen LogP contribution in [0.25, 0.3) is 0 Å². The highest BCUT2D eigenvalue weighted by Gasteiger charge is 2.15. The van der Waals surface area contributed by atoms with E-state index in [1.165, 1.54) is 5.56 Å². The lowest BCUT2D eigenvalue weighted by molar-refractivity contribution is 0.281. The first-order valence-corrected chi connectivity index (χ1v) is 10.3. The van der Waals surface area contributed by atoms with Gasteiger partial charge in [0.15, 0.2) is 11.5 Å². The van der Waals surface area contributed by atoms with E-state index in [-0.39, 0.29) is 0 Å². The number of benzene rings is 3. The Morgan fingerprint density at radius 2 is 1.75 bits per heavy atom. The molecule has 0 aliphatic carbocycles. The zero-order valence-corrected chi connectivity index (χ0v) is 18.7. The zero-order valence-electron chi connectivity index (χ0n) is 15.6. The molecule has 0 amide bonds. The van der Waals surface area contributed by atoms with Gasteiger partial charge in [0.1, 0.15) is 6.61 Å². The molecule has 0 saturated heterocycles. The predicted molar refractivity (Wildman–Crippen MR) is 120 cm³/mol. The molecule has 3 aromatic carbocycles. The summed E-state index contributed by atoms with van der Waals surface area (Å²) >= 11 is 16.0. The molecule has 0 aromatic heterocycles. The van der Waals surface area contributed by atoms with Crippen LogP contribution in [0.3, 0.4) is 0 Å². The van der Waals surface area contributed by atoms with Gasteiger partial charge in [-0.15, -0.1) is 0 Å². The van der Waals surface area contributed by atoms with Crippen LogP contribution in [-0.4, -0.2) is 7.11 Å². The van der Waals surface area contributed by atoms with Crippen molar-refractivity contribution >= 4 is 44.8 Å². The third-order valence-electron chi connectivity index (χ3n) is 4.27. The van der Waals surface area contributed by atoms with Gasteiger partial charge in [-0.05, 0) is 42.8 Å². The second kappa shape index (κ2) is 9.55. The second-order valence-electron chi connectivity index (χ2n) is 6.31. The van der Waals surface area contributed by atoms with Gasteiger partial charge in [0.25, 0.3) is 0 Å². The quantitative estimate of drug-likeness (QED) is 0.385. The molecule has 3 nitrogen and oxygen atoms in total. The van der Waals surface area contributed by atoms with Gasteiger partial charge in [-0.3, -0.25) is 0 Å². The first-order valence-electron chi connectivity index (χ1n) is 8.70. The van der Waals surface area contributed by atoms with Crippen LogP contribution in [0, 0.1) is 6.92 Å². The van der Waals surface area contributed by atoms with Crippen LogP contribution in [0.1, 0.15) is 16.7 Å². The molecular formula is C22H20BrCl2NO2. The number of aryl methyl sites for hydroxylation is 1. The molecule has 28 heavy (non-hydrogen) atoms. The van der Waals surface area contributed by atoms with Crippen molar-refractivity contribution in [2.24, 2.45) is 0 Å². The van der Waals surface area contributed by atoms with Crippen LogP contribution in [0.15, 0.2) is 59.1 Å². The van der Waals surface area contributed by atoms with Gasteiger partial charge < -0.3 is 14.8 Å². The molecule has 0 spiro atoms. The van der Waals surface area contributed by atoms with Crippen LogP contribution in [0.5, 0.6) is 11.5 Å². The van der Waals surface area contributed by atoms with E-state index in [0.717, 1.165) is 21.3 Å². The maximum atomic E-state index is 6.27. The minimum absolute atomic E-state index is 0.442. The SMILES string of the molecule is COc1ccc(Br)c(CNc2cc(Cl)ccc2Cl)c1OCc1ccc(C)cc1. The number of anilines is 1. The first-order chi connectivity index (χ1) is 13.5. The second-order valence-corrected chi connectivity index (χ2v) is 8.01. The molecule has 0 radical (unpaired) electrons. The van der Waals surface area contributed by atoms with E-state index >= 15 is 0 Å². The number of hydrogen-bond acceptors (Lipinski definition) is 3. The molecule has 0 unspecified atom stereocenters. The number of rotatable bonds is 7. The summed E-state index contributed by atoms with van der Waals surface area (Å²) in [6.07, 6.45) is 0. The molecule has 0 atom stereocenters. The Labute approximate surface area is 183 Å². The van der Waals surface area contributed by atoms with Crippen LogP contribution in [0.4, 0.5) is 5.69 Å². The van der Waals surface area contributed by atoms with Crippen LogP contribution in [-0.2, 0) is 13.2 Å². The van der Waals surface area contributed by atoms with E-state index in [1.807, 2.05) is 12.1 Å². The van der Waals surface area contributed by atoms with Crippen molar-refractivity contribution < 1.29 is 9.47 Å². The average Bonchev–Trinajstić information content (AvgIpc) is 2.69. The predicted octanol–water partition coefficient (Wildman–Crippen LogP) is 7.26. The molecule has 6 heteroatoms. The van der Waals surface area contributed by atoms with Crippen molar-refractivity contribution in [2.75, 3.05) is 12.4 Å². The summed E-state index contributed by atoms with van der Waals surface area (Å²) in [7, 11) is 1.63. The van der Waals surface area contributed by atoms with E-state index in [0.29, 0.717) is 34.7 Å². The summed E-state index contributed by atoms with van der Waals surface area (Å²) in [6.45, 7) is 2.99. The molecule has 0 fully saturated rings. The molecule has 1 N–H and O–H groups in total. The Bertz CT molecular complexity index is 961. The topological polar surface area (TPSA) is 30.5 Å². The highest BCUT2D eigenvalue weighted by molar-refractivity contribution is 9.10. The lowest BCUT2D eigenvalue weighted by Gasteiger charge is -2.18. The van der Waals surface area contributed by atoms with Gasteiger partial charge in [0.05, 0.1) is 17.8 Å². The standard InChI is InChI=1S/C22H20BrCl2NO2/c1-14-3-5-15(6-4-14)13-28-22-17(18(23)8-10-21(22)27-2)12-26-20-11-16(24)7-9-19(20)25/h3-11,26H,12-13H2,1-2H3. The van der Waals surface area contributed by atoms with Crippen molar-refractivity contribution in [3.63, 3.8) is 0 Å². The van der Waals surface area contributed by atoms with E-state index < -0.39 is 0 Å². The normalized spacial score (nSPS) is 10.6. The van der Waals surface area contributed by atoms with Crippen LogP contribution >= 0.6 is 39.1 Å². The fourth-order valence-electron chi connectivity index (χ4n) is 2.72. The Kier molecular flexibility index (Phi) is 7.11. The molecule has 0 saturated carbocycles. The molecular weight excluding hydrogens is 461 g/mol. The summed E-state index contributed by atoms with van der Waals surface area (Å²) in [5, 5.41) is 4.55. The maximum absolute atomic E-state index is 6.27. The minimum atomic E-state index is 0.442. The Morgan fingerprint density at radius 3 is 2.46 bits per heavy atom. The lowest BCUT2D eigenvalue weighted by atomic mass is 10.1. The number of methoxy groups -OCH3 is 1. The average molecular weight is 481 g/mol. The molecule has 0 heterocycles. The Morgan fingerprint density at radius 1 is 1.00 bits per heavy atom. The fourth-order valence-corrected chi connectivity index (χ4v) is 3.53. The maximum Gasteiger partial charge on any atom is 0.167 e. The summed E-state index contributed by atoms with van der Waals surface area (Å²) in [5.41, 5.74) is 3.99. The number of halogens is 3. The third kappa shape index (κ3) is 5.13. The summed E-state index contributed by atoms with van der Waals surface area (Å²) in [6, 6.07) is 17.4. The van der Waals surface area contributed by atoms with Crippen LogP contribution < -0.4 is 14.8 Å². The number of hydrogen-bond donors (Lipinski definition) is 1. The molecule has 0 bridgehead atoms. The number of ether oxygens (including phenoxy) is 2. The van der Waals surface area contributed by atoms with Gasteiger partial charge in [-0.1, -0.05) is 69.0 Å². The molecule has 3 rings (SSSR count). The van der Waals surface area contributed by atoms with Crippen LogP contribution in [0.2, 0.25) is 10.0 Å². The van der Waals surface area contributed by atoms with Gasteiger partial charge >= 0.3 is 0 Å². The monoisotopic (exact) mass is 479 g/mol. The highest BCUT2D eigenvalue weighted by Crippen LogP contribution is 2.38. The lowest BCUT2D eigenvalue weighted by Crippen LogP contribution is -2.06. The van der Waals surface area contributed by atoms with E-state index in [9.17, 15) is 0 Å². The van der Waals surface area contributed by atoms with E-state index in [2.05, 4.69) is 52.4 Å². The van der Waals surface area contributed by atoms with E-state index in [1.54, 1.807) is 25.3 Å².